The molecule has 0 saturated carbocycles. The highest BCUT2D eigenvalue weighted by atomic mass is 35.5. The van der Waals surface area contributed by atoms with Crippen molar-refractivity contribution in [3.8, 4) is 0 Å². The number of sulfonamides is 2. The van der Waals surface area contributed by atoms with Gasteiger partial charge in [-0.05, 0) is 49.5 Å². The largest absolute Gasteiger partial charge is 0.369 e. The molecular weight excluding hydrogens is 596 g/mol. The van der Waals surface area contributed by atoms with Gasteiger partial charge in [0.25, 0.3) is 20.0 Å². The fraction of sp³-hybridized carbons (Fsp3) is 0.172. The van der Waals surface area contributed by atoms with Gasteiger partial charge in [-0.15, -0.1) is 0 Å². The van der Waals surface area contributed by atoms with Crippen molar-refractivity contribution < 1.29 is 16.8 Å². The van der Waals surface area contributed by atoms with Crippen LogP contribution in [0.25, 0.3) is 21.8 Å². The standard InChI is InChI=1S/C29H27ClN6O4S2/c1-34-16-18-35(19-17-34)23-12-13-25(36(30)42(39,40)27-11-3-7-22-9-5-15-32-29(22)27)24(20-23)33-41(37,38)26-10-2-6-21-8-4-14-31-28(21)26/h2-15,20,33H,16-19H2,1H3. The number of halogens is 1. The number of benzene rings is 3. The van der Waals surface area contributed by atoms with Crippen LogP contribution in [0.15, 0.2) is 101 Å². The third-order valence-corrected chi connectivity index (χ3v) is 10.9. The van der Waals surface area contributed by atoms with Crippen molar-refractivity contribution >= 4 is 70.7 Å². The van der Waals surface area contributed by atoms with Crippen molar-refractivity contribution in [2.45, 2.75) is 9.79 Å². The zero-order chi connectivity index (χ0) is 29.5. The van der Waals surface area contributed by atoms with Crippen LogP contribution in [0.4, 0.5) is 17.1 Å². The van der Waals surface area contributed by atoms with Crippen LogP contribution < -0.4 is 13.4 Å². The van der Waals surface area contributed by atoms with Crippen molar-refractivity contribution in [3.63, 3.8) is 0 Å². The van der Waals surface area contributed by atoms with E-state index in [1.165, 1.54) is 30.6 Å². The van der Waals surface area contributed by atoms with E-state index in [-0.39, 0.29) is 26.7 Å². The second kappa shape index (κ2) is 11.0. The van der Waals surface area contributed by atoms with Crippen LogP contribution in [0.1, 0.15) is 0 Å². The number of para-hydroxylation sites is 2. The lowest BCUT2D eigenvalue weighted by atomic mass is 10.2. The summed E-state index contributed by atoms with van der Waals surface area (Å²) in [5.41, 5.74) is 1.23. The van der Waals surface area contributed by atoms with E-state index in [2.05, 4.69) is 24.5 Å². The maximum Gasteiger partial charge on any atom is 0.280 e. The number of likely N-dealkylation sites (N-methyl/N-ethyl adjacent to an activating group) is 1. The predicted molar refractivity (Wildman–Crippen MR) is 166 cm³/mol. The number of anilines is 3. The van der Waals surface area contributed by atoms with Crippen LogP contribution >= 0.6 is 11.8 Å². The van der Waals surface area contributed by atoms with Gasteiger partial charge in [-0.2, -0.15) is 12.2 Å². The molecule has 3 aromatic carbocycles. The van der Waals surface area contributed by atoms with Gasteiger partial charge in [0.1, 0.15) is 9.79 Å². The number of hydrogen-bond donors (Lipinski definition) is 1. The summed E-state index contributed by atoms with van der Waals surface area (Å²) in [6, 6.07) is 21.5. The maximum atomic E-state index is 13.9. The number of aromatic nitrogens is 2. The molecule has 5 aromatic rings. The number of rotatable bonds is 7. The van der Waals surface area contributed by atoms with Crippen LogP contribution in [0.3, 0.4) is 0 Å². The second-order valence-electron chi connectivity index (χ2n) is 9.98. The molecule has 216 valence electrons. The highest BCUT2D eigenvalue weighted by Crippen LogP contribution is 2.38. The van der Waals surface area contributed by atoms with E-state index in [0.29, 0.717) is 20.1 Å². The quantitative estimate of drug-likeness (QED) is 0.260. The van der Waals surface area contributed by atoms with Crippen molar-refractivity contribution in [3.05, 3.63) is 91.3 Å². The molecule has 1 aliphatic heterocycles. The van der Waals surface area contributed by atoms with Crippen LogP contribution in [0, 0.1) is 0 Å². The van der Waals surface area contributed by atoms with Gasteiger partial charge in [0, 0.05) is 66.8 Å². The Hall–Kier alpha value is -3.97. The van der Waals surface area contributed by atoms with Crippen LogP contribution in [-0.4, -0.2) is 64.9 Å². The first kappa shape index (κ1) is 28.2. The third kappa shape index (κ3) is 5.22. The molecule has 1 N–H and O–H groups in total. The van der Waals surface area contributed by atoms with Crippen LogP contribution in [-0.2, 0) is 20.0 Å². The first-order valence-electron chi connectivity index (χ1n) is 13.1. The first-order valence-corrected chi connectivity index (χ1v) is 16.4. The van der Waals surface area contributed by atoms with Gasteiger partial charge in [0.05, 0.1) is 22.4 Å². The summed E-state index contributed by atoms with van der Waals surface area (Å²) in [5, 5.41) is 1.27. The normalized spacial score (nSPS) is 14.8. The average Bonchev–Trinajstić information content (AvgIpc) is 3.00. The highest BCUT2D eigenvalue weighted by Gasteiger charge is 2.30. The lowest BCUT2D eigenvalue weighted by molar-refractivity contribution is 0.313. The van der Waals surface area contributed by atoms with Gasteiger partial charge in [0.15, 0.2) is 0 Å². The zero-order valence-corrected chi connectivity index (χ0v) is 24.9. The molecule has 0 aliphatic carbocycles. The van der Waals surface area contributed by atoms with Gasteiger partial charge < -0.3 is 9.80 Å². The molecule has 0 atom stereocenters. The van der Waals surface area contributed by atoms with E-state index >= 15 is 0 Å². The molecule has 10 nitrogen and oxygen atoms in total. The fourth-order valence-corrected chi connectivity index (χ4v) is 7.89. The molecule has 0 unspecified atom stereocenters. The summed E-state index contributed by atoms with van der Waals surface area (Å²) in [7, 11) is -6.56. The first-order chi connectivity index (χ1) is 20.1. The van der Waals surface area contributed by atoms with Crippen molar-refractivity contribution in [1.29, 1.82) is 0 Å². The molecule has 13 heteroatoms. The smallest absolute Gasteiger partial charge is 0.280 e. The molecule has 3 heterocycles. The molecule has 0 amide bonds. The number of nitrogens with zero attached hydrogens (tertiary/aromatic N) is 5. The maximum absolute atomic E-state index is 13.9. The molecule has 6 rings (SSSR count). The number of hydrogen-bond acceptors (Lipinski definition) is 8. The van der Waals surface area contributed by atoms with Crippen LogP contribution in [0.5, 0.6) is 0 Å². The van der Waals surface area contributed by atoms with Gasteiger partial charge >= 0.3 is 0 Å². The fourth-order valence-electron chi connectivity index (χ4n) is 5.01. The van der Waals surface area contributed by atoms with Gasteiger partial charge in [0.2, 0.25) is 0 Å². The minimum Gasteiger partial charge on any atom is -0.369 e. The second-order valence-corrected chi connectivity index (χ2v) is 13.9. The Labute approximate surface area is 249 Å². The third-order valence-electron chi connectivity index (χ3n) is 7.25. The molecule has 1 aliphatic rings. The Morgan fingerprint density at radius 2 is 1.33 bits per heavy atom. The molecule has 2 aromatic heterocycles. The molecule has 0 bridgehead atoms. The van der Waals surface area contributed by atoms with Gasteiger partial charge in [-0.25, -0.2) is 8.42 Å². The monoisotopic (exact) mass is 622 g/mol. The van der Waals surface area contributed by atoms with E-state index < -0.39 is 20.0 Å². The SMILES string of the molecule is CN1CCN(c2ccc(N(Cl)S(=O)(=O)c3cccc4cccnc34)c(NS(=O)(=O)c3cccc4cccnc34)c2)CC1. The summed E-state index contributed by atoms with van der Waals surface area (Å²) in [5.74, 6) is 0. The number of nitrogens with one attached hydrogen (secondary N) is 1. The number of piperazine rings is 1. The topological polar surface area (TPSA) is 116 Å². The molecule has 0 spiro atoms. The van der Waals surface area contributed by atoms with E-state index in [4.69, 9.17) is 11.8 Å². The summed E-state index contributed by atoms with van der Waals surface area (Å²) < 4.78 is 58.6. The van der Waals surface area contributed by atoms with E-state index in [9.17, 15) is 16.8 Å². The minimum absolute atomic E-state index is 0.00568. The van der Waals surface area contributed by atoms with Crippen molar-refractivity contribution in [2.24, 2.45) is 0 Å². The van der Waals surface area contributed by atoms with Crippen LogP contribution in [0.2, 0.25) is 0 Å². The zero-order valence-electron chi connectivity index (χ0n) is 22.6. The molecule has 0 radical (unpaired) electrons. The van der Waals surface area contributed by atoms with E-state index in [0.717, 1.165) is 31.9 Å². The predicted octanol–water partition coefficient (Wildman–Crippen LogP) is 4.68. The summed E-state index contributed by atoms with van der Waals surface area (Å²) in [4.78, 5) is 12.7. The van der Waals surface area contributed by atoms with Gasteiger partial charge in [-0.3, -0.25) is 14.7 Å². The van der Waals surface area contributed by atoms with E-state index in [1.54, 1.807) is 60.7 Å². The van der Waals surface area contributed by atoms with Gasteiger partial charge in [-0.1, -0.05) is 36.4 Å². The van der Waals surface area contributed by atoms with E-state index in [1.807, 2.05) is 7.05 Å². The summed E-state index contributed by atoms with van der Waals surface area (Å²) in [6.07, 6.45) is 3.02. The summed E-state index contributed by atoms with van der Waals surface area (Å²) in [6.45, 7) is 3.10. The molecule has 1 fully saturated rings. The Kier molecular flexibility index (Phi) is 7.39. The summed E-state index contributed by atoms with van der Waals surface area (Å²) >= 11 is 6.62. The molecular formula is C29H27ClN6O4S2. The highest BCUT2D eigenvalue weighted by molar-refractivity contribution is 7.94. The average molecular weight is 623 g/mol. The lowest BCUT2D eigenvalue weighted by Crippen LogP contribution is -2.44. The minimum atomic E-state index is -4.37. The Morgan fingerprint density at radius 1 is 0.762 bits per heavy atom. The molecule has 42 heavy (non-hydrogen) atoms. The number of pyridine rings is 2. The Bertz CT molecular complexity index is 2010. The molecule has 1 saturated heterocycles. The van der Waals surface area contributed by atoms with Crippen molar-refractivity contribution in [1.82, 2.24) is 14.9 Å². The lowest BCUT2D eigenvalue weighted by Gasteiger charge is -2.34. The number of fused-ring (bicyclic) bond motifs is 2. The van der Waals surface area contributed by atoms with Crippen molar-refractivity contribution in [2.75, 3.05) is 46.7 Å². The Balaban J connectivity index is 1.46. The Morgan fingerprint density at radius 3 is 1.98 bits per heavy atom.